The molecule has 1 aromatic heterocycles. The molecule has 0 N–H and O–H groups in total. The average Bonchev–Trinajstić information content (AvgIpc) is 2.97. The lowest BCUT2D eigenvalue weighted by Gasteiger charge is -2.16. The molecule has 0 spiro atoms. The number of hydrogen-bond donors (Lipinski definition) is 0. The molecule has 0 saturated heterocycles. The highest BCUT2D eigenvalue weighted by atomic mass is 16.5. The van der Waals surface area contributed by atoms with Crippen LogP contribution in [0.2, 0.25) is 0 Å². The van der Waals surface area contributed by atoms with Crippen molar-refractivity contribution in [3.63, 3.8) is 0 Å². The van der Waals surface area contributed by atoms with E-state index in [1.165, 1.54) is 6.20 Å². The molecular formula is C16H16N2O2. The maximum atomic E-state index is 12.0. The summed E-state index contributed by atoms with van der Waals surface area (Å²) in [7, 11) is 0. The summed E-state index contributed by atoms with van der Waals surface area (Å²) in [6.07, 6.45) is 4.70. The van der Waals surface area contributed by atoms with E-state index in [9.17, 15) is 4.79 Å². The largest absolute Gasteiger partial charge is 0.456 e. The van der Waals surface area contributed by atoms with Crippen LogP contribution < -0.4 is 0 Å². The van der Waals surface area contributed by atoms with Crippen LogP contribution >= 0.6 is 0 Å². The highest BCUT2D eigenvalue weighted by Crippen LogP contribution is 2.19. The lowest BCUT2D eigenvalue weighted by atomic mass is 10.1. The van der Waals surface area contributed by atoms with Crippen LogP contribution in [0.4, 0.5) is 0 Å². The van der Waals surface area contributed by atoms with E-state index in [0.29, 0.717) is 5.69 Å². The molecule has 20 heavy (non-hydrogen) atoms. The summed E-state index contributed by atoms with van der Waals surface area (Å²) in [4.78, 5) is 16.0. The van der Waals surface area contributed by atoms with Gasteiger partial charge in [0, 0.05) is 0 Å². The fraction of sp³-hybridized carbons (Fsp3) is 0.188. The van der Waals surface area contributed by atoms with Gasteiger partial charge in [-0.05, 0) is 18.6 Å². The van der Waals surface area contributed by atoms with Crippen LogP contribution in [0.3, 0.4) is 0 Å². The van der Waals surface area contributed by atoms with Crippen LogP contribution in [-0.2, 0) is 4.74 Å². The zero-order valence-corrected chi connectivity index (χ0v) is 11.3. The Morgan fingerprint density at radius 1 is 1.50 bits per heavy atom. The second kappa shape index (κ2) is 6.55. The van der Waals surface area contributed by atoms with Crippen molar-refractivity contribution >= 4 is 5.97 Å². The Bertz CT molecular complexity index is 625. The first kappa shape index (κ1) is 13.8. The maximum absolute atomic E-state index is 12.0. The van der Waals surface area contributed by atoms with Gasteiger partial charge in [0.2, 0.25) is 0 Å². The summed E-state index contributed by atoms with van der Waals surface area (Å²) in [5.41, 5.74) is 4.09. The molecule has 102 valence electrons. The normalized spacial score (nSPS) is 11.4. The molecule has 1 unspecified atom stereocenters. The molecule has 0 fully saturated rings. The van der Waals surface area contributed by atoms with Gasteiger partial charge in [-0.15, -0.1) is 5.73 Å². The molecule has 0 aliphatic rings. The molecule has 1 heterocycles. The van der Waals surface area contributed by atoms with Crippen LogP contribution in [0.15, 0.2) is 61.2 Å². The minimum Gasteiger partial charge on any atom is -0.456 e. The highest BCUT2D eigenvalue weighted by molar-refractivity contribution is 5.87. The van der Waals surface area contributed by atoms with Gasteiger partial charge in [-0.2, -0.15) is 0 Å². The van der Waals surface area contributed by atoms with Gasteiger partial charge in [-0.25, -0.2) is 9.78 Å². The molecule has 0 bridgehead atoms. The fourth-order valence-corrected chi connectivity index (χ4v) is 1.91. The number of carbonyl (C=O) groups excluding carboxylic acids is 1. The van der Waals surface area contributed by atoms with Crippen molar-refractivity contribution in [1.29, 1.82) is 0 Å². The third kappa shape index (κ3) is 3.05. The number of rotatable bonds is 5. The number of nitrogens with zero attached hydrogens (tertiary/aromatic N) is 2. The maximum Gasteiger partial charge on any atom is 0.356 e. The molecular weight excluding hydrogens is 252 g/mol. The molecule has 4 heteroatoms. The van der Waals surface area contributed by atoms with Gasteiger partial charge in [0.1, 0.15) is 12.3 Å². The Morgan fingerprint density at radius 3 is 2.95 bits per heavy atom. The summed E-state index contributed by atoms with van der Waals surface area (Å²) in [6, 6.07) is 9.93. The molecule has 2 rings (SSSR count). The average molecular weight is 268 g/mol. The zero-order chi connectivity index (χ0) is 14.4. The van der Waals surface area contributed by atoms with E-state index in [4.69, 9.17) is 4.74 Å². The van der Waals surface area contributed by atoms with Crippen LogP contribution in [0.5, 0.6) is 0 Å². The van der Waals surface area contributed by atoms with Gasteiger partial charge in [0.05, 0.1) is 18.6 Å². The molecule has 0 radical (unpaired) electrons. The first-order valence-electron chi connectivity index (χ1n) is 6.32. The van der Waals surface area contributed by atoms with E-state index in [2.05, 4.69) is 17.3 Å². The smallest absolute Gasteiger partial charge is 0.356 e. The van der Waals surface area contributed by atoms with E-state index >= 15 is 0 Å². The fourth-order valence-electron chi connectivity index (χ4n) is 1.91. The Balaban J connectivity index is 2.20. The van der Waals surface area contributed by atoms with E-state index in [1.807, 2.05) is 37.3 Å². The Labute approximate surface area is 118 Å². The van der Waals surface area contributed by atoms with Gasteiger partial charge in [0.25, 0.3) is 0 Å². The van der Waals surface area contributed by atoms with E-state index < -0.39 is 5.97 Å². The number of aromatic nitrogens is 2. The van der Waals surface area contributed by atoms with Crippen molar-refractivity contribution in [2.45, 2.75) is 13.0 Å². The highest BCUT2D eigenvalue weighted by Gasteiger charge is 2.17. The number of hydrogen-bond acceptors (Lipinski definition) is 3. The van der Waals surface area contributed by atoms with Crippen LogP contribution in [-0.4, -0.2) is 22.1 Å². The van der Waals surface area contributed by atoms with Gasteiger partial charge >= 0.3 is 5.97 Å². The van der Waals surface area contributed by atoms with Crippen molar-refractivity contribution in [3.05, 3.63) is 72.5 Å². The van der Waals surface area contributed by atoms with Gasteiger partial charge in [0.15, 0.2) is 0 Å². The molecule has 0 aliphatic heterocycles. The summed E-state index contributed by atoms with van der Waals surface area (Å²) >= 11 is 0. The first-order chi connectivity index (χ1) is 9.74. The molecule has 4 nitrogen and oxygen atoms in total. The van der Waals surface area contributed by atoms with E-state index in [-0.39, 0.29) is 12.6 Å². The number of ether oxygens (including phenoxy) is 1. The monoisotopic (exact) mass is 268 g/mol. The predicted octanol–water partition coefficient (Wildman–Crippen LogP) is 2.99. The van der Waals surface area contributed by atoms with Crippen molar-refractivity contribution < 1.29 is 9.53 Å². The zero-order valence-electron chi connectivity index (χ0n) is 11.3. The van der Waals surface area contributed by atoms with Crippen molar-refractivity contribution in [2.75, 3.05) is 6.61 Å². The minimum atomic E-state index is -0.406. The topological polar surface area (TPSA) is 44.1 Å². The van der Waals surface area contributed by atoms with Crippen LogP contribution in [0, 0.1) is 0 Å². The number of imidazole rings is 1. The molecule has 1 atom stereocenters. The lowest BCUT2D eigenvalue weighted by molar-refractivity contribution is 0.0536. The predicted molar refractivity (Wildman–Crippen MR) is 76.5 cm³/mol. The molecule has 2 aromatic rings. The second-order valence-electron chi connectivity index (χ2n) is 4.28. The minimum absolute atomic E-state index is 0.0104. The van der Waals surface area contributed by atoms with Gasteiger partial charge in [-0.3, -0.25) is 0 Å². The SMILES string of the molecule is C=C=CCOC(=O)c1cncn1C(C)c1ccccc1. The number of carbonyl (C=O) groups is 1. The lowest BCUT2D eigenvalue weighted by Crippen LogP contribution is -2.15. The van der Waals surface area contributed by atoms with Crippen LogP contribution in [0.1, 0.15) is 29.0 Å². The van der Waals surface area contributed by atoms with Crippen LogP contribution in [0.25, 0.3) is 0 Å². The number of benzene rings is 1. The van der Waals surface area contributed by atoms with E-state index in [1.54, 1.807) is 17.0 Å². The standard InChI is InChI=1S/C16H16N2O2/c1-3-4-10-20-16(19)15-11-17-12-18(15)13(2)14-8-6-5-7-9-14/h4-9,11-13H,1,10H2,2H3. The van der Waals surface area contributed by atoms with E-state index in [0.717, 1.165) is 5.56 Å². The Morgan fingerprint density at radius 2 is 2.25 bits per heavy atom. The third-order valence-corrected chi connectivity index (χ3v) is 3.02. The van der Waals surface area contributed by atoms with Crippen molar-refractivity contribution in [1.82, 2.24) is 9.55 Å². The Hall–Kier alpha value is -2.58. The summed E-state index contributed by atoms with van der Waals surface area (Å²) in [5, 5.41) is 0. The second-order valence-corrected chi connectivity index (χ2v) is 4.28. The molecule has 0 amide bonds. The summed E-state index contributed by atoms with van der Waals surface area (Å²) in [6.45, 7) is 5.59. The van der Waals surface area contributed by atoms with Gasteiger partial charge < -0.3 is 9.30 Å². The van der Waals surface area contributed by atoms with Crippen molar-refractivity contribution in [3.8, 4) is 0 Å². The first-order valence-corrected chi connectivity index (χ1v) is 6.32. The number of esters is 1. The quantitative estimate of drug-likeness (QED) is 0.618. The Kier molecular flexibility index (Phi) is 4.53. The van der Waals surface area contributed by atoms with Gasteiger partial charge in [-0.1, -0.05) is 36.9 Å². The molecule has 0 aliphatic carbocycles. The summed E-state index contributed by atoms with van der Waals surface area (Å²) < 4.78 is 6.90. The van der Waals surface area contributed by atoms with Crippen molar-refractivity contribution in [2.24, 2.45) is 0 Å². The summed E-state index contributed by atoms with van der Waals surface area (Å²) in [5.74, 6) is -0.406. The molecule has 0 saturated carbocycles. The molecule has 1 aromatic carbocycles. The third-order valence-electron chi connectivity index (χ3n) is 3.02.